The zero-order valence-electron chi connectivity index (χ0n) is 11.1. The summed E-state index contributed by atoms with van der Waals surface area (Å²) in [6, 6.07) is 1.53. The van der Waals surface area contributed by atoms with E-state index in [1.807, 2.05) is 0 Å². The Morgan fingerprint density at radius 1 is 1.40 bits per heavy atom. The second kappa shape index (κ2) is 6.18. The van der Waals surface area contributed by atoms with Gasteiger partial charge in [-0.05, 0) is 31.2 Å². The standard InChI is InChI=1S/C13H17Cl2NO3S/c1-20(18,19)10-4-2-3-8(5-10)13(17)12-11(15)6-9(14)7-16-12/h6-8,10,13,17H,2-5H2,1H3. The molecule has 1 heterocycles. The Bertz CT molecular complexity index is 591. The van der Waals surface area contributed by atoms with Crippen LogP contribution in [-0.4, -0.2) is 30.0 Å². The molecule has 2 rings (SSSR count). The number of rotatable bonds is 3. The zero-order chi connectivity index (χ0) is 14.9. The van der Waals surface area contributed by atoms with Gasteiger partial charge in [0.1, 0.15) is 15.9 Å². The first-order chi connectivity index (χ1) is 9.29. The first-order valence-electron chi connectivity index (χ1n) is 6.47. The Balaban J connectivity index is 2.18. The molecule has 7 heteroatoms. The van der Waals surface area contributed by atoms with Crippen molar-refractivity contribution in [3.8, 4) is 0 Å². The van der Waals surface area contributed by atoms with Crippen molar-refractivity contribution in [2.45, 2.75) is 37.0 Å². The fraction of sp³-hybridized carbons (Fsp3) is 0.615. The summed E-state index contributed by atoms with van der Waals surface area (Å²) in [6.07, 6.45) is 4.48. The quantitative estimate of drug-likeness (QED) is 0.920. The molecule has 1 aromatic heterocycles. The third kappa shape index (κ3) is 3.64. The lowest BCUT2D eigenvalue weighted by atomic mass is 9.83. The summed E-state index contributed by atoms with van der Waals surface area (Å²) in [5, 5.41) is 10.7. The summed E-state index contributed by atoms with van der Waals surface area (Å²) in [4.78, 5) is 4.08. The molecule has 1 saturated carbocycles. The highest BCUT2D eigenvalue weighted by Crippen LogP contribution is 2.38. The Labute approximate surface area is 129 Å². The highest BCUT2D eigenvalue weighted by atomic mass is 35.5. The van der Waals surface area contributed by atoms with Crippen molar-refractivity contribution in [1.82, 2.24) is 4.98 Å². The lowest BCUT2D eigenvalue weighted by Crippen LogP contribution is -2.30. The molecule has 0 amide bonds. The van der Waals surface area contributed by atoms with E-state index >= 15 is 0 Å². The van der Waals surface area contributed by atoms with Crippen LogP contribution in [0.25, 0.3) is 0 Å². The van der Waals surface area contributed by atoms with Crippen molar-refractivity contribution in [2.75, 3.05) is 6.26 Å². The fourth-order valence-electron chi connectivity index (χ4n) is 2.72. The van der Waals surface area contributed by atoms with E-state index in [0.717, 1.165) is 12.8 Å². The molecule has 1 aliphatic carbocycles. The number of hydrogen-bond acceptors (Lipinski definition) is 4. The maximum absolute atomic E-state index is 11.7. The van der Waals surface area contributed by atoms with Crippen molar-refractivity contribution in [2.24, 2.45) is 5.92 Å². The van der Waals surface area contributed by atoms with Crippen LogP contribution in [0.15, 0.2) is 12.3 Å². The van der Waals surface area contributed by atoms with Crippen molar-refractivity contribution in [3.05, 3.63) is 28.0 Å². The third-order valence-corrected chi connectivity index (χ3v) is 5.98. The van der Waals surface area contributed by atoms with Gasteiger partial charge in [0.05, 0.1) is 21.0 Å². The molecule has 0 aromatic carbocycles. The lowest BCUT2D eigenvalue weighted by molar-refractivity contribution is 0.0821. The van der Waals surface area contributed by atoms with Gasteiger partial charge in [-0.2, -0.15) is 0 Å². The van der Waals surface area contributed by atoms with Gasteiger partial charge in [-0.15, -0.1) is 0 Å². The maximum Gasteiger partial charge on any atom is 0.150 e. The van der Waals surface area contributed by atoms with Crippen molar-refractivity contribution in [1.29, 1.82) is 0 Å². The predicted octanol–water partition coefficient (Wildman–Crippen LogP) is 3.03. The van der Waals surface area contributed by atoms with Gasteiger partial charge in [-0.25, -0.2) is 8.42 Å². The number of sulfone groups is 1. The van der Waals surface area contributed by atoms with E-state index in [1.165, 1.54) is 18.5 Å². The van der Waals surface area contributed by atoms with Crippen LogP contribution in [0, 0.1) is 5.92 Å². The normalized spacial score (nSPS) is 25.4. The Kier molecular flexibility index (Phi) is 4.95. The number of aliphatic hydroxyl groups is 1. The van der Waals surface area contributed by atoms with Gasteiger partial charge in [0.25, 0.3) is 0 Å². The maximum atomic E-state index is 11.7. The molecule has 1 fully saturated rings. The molecule has 4 nitrogen and oxygen atoms in total. The summed E-state index contributed by atoms with van der Waals surface area (Å²) >= 11 is 11.8. The SMILES string of the molecule is CS(=O)(=O)C1CCCC(C(O)c2ncc(Cl)cc2Cl)C1. The highest BCUT2D eigenvalue weighted by molar-refractivity contribution is 7.91. The first-order valence-corrected chi connectivity index (χ1v) is 9.18. The van der Waals surface area contributed by atoms with E-state index in [2.05, 4.69) is 4.98 Å². The Morgan fingerprint density at radius 3 is 2.70 bits per heavy atom. The van der Waals surface area contributed by atoms with E-state index in [0.29, 0.717) is 28.6 Å². The van der Waals surface area contributed by atoms with Gasteiger partial charge in [0, 0.05) is 12.5 Å². The average Bonchev–Trinajstić information content (AvgIpc) is 2.37. The van der Waals surface area contributed by atoms with Gasteiger partial charge in [-0.1, -0.05) is 29.6 Å². The summed E-state index contributed by atoms with van der Waals surface area (Å²) in [5.41, 5.74) is 0.371. The van der Waals surface area contributed by atoms with Crippen LogP contribution in [0.2, 0.25) is 10.0 Å². The summed E-state index contributed by atoms with van der Waals surface area (Å²) in [6.45, 7) is 0. The van der Waals surface area contributed by atoms with Crippen LogP contribution in [0.4, 0.5) is 0 Å². The van der Waals surface area contributed by atoms with Gasteiger partial charge >= 0.3 is 0 Å². The van der Waals surface area contributed by atoms with Gasteiger partial charge < -0.3 is 5.11 Å². The highest BCUT2D eigenvalue weighted by Gasteiger charge is 2.34. The molecule has 0 bridgehead atoms. The van der Waals surface area contributed by atoms with Gasteiger partial charge in [0.15, 0.2) is 0 Å². The molecule has 0 spiro atoms. The smallest absolute Gasteiger partial charge is 0.150 e. The molecule has 3 unspecified atom stereocenters. The second-order valence-corrected chi connectivity index (χ2v) is 8.51. The molecule has 20 heavy (non-hydrogen) atoms. The van der Waals surface area contributed by atoms with Crippen LogP contribution in [0.5, 0.6) is 0 Å². The monoisotopic (exact) mass is 337 g/mol. The van der Waals surface area contributed by atoms with Crippen LogP contribution >= 0.6 is 23.2 Å². The van der Waals surface area contributed by atoms with E-state index < -0.39 is 15.9 Å². The molecule has 0 radical (unpaired) electrons. The minimum Gasteiger partial charge on any atom is -0.386 e. The van der Waals surface area contributed by atoms with Crippen LogP contribution in [0.1, 0.15) is 37.5 Å². The van der Waals surface area contributed by atoms with Gasteiger partial charge in [-0.3, -0.25) is 4.98 Å². The molecular formula is C13H17Cl2NO3S. The van der Waals surface area contributed by atoms with E-state index in [1.54, 1.807) is 0 Å². The number of halogens is 2. The van der Waals surface area contributed by atoms with Crippen LogP contribution in [0.3, 0.4) is 0 Å². The molecule has 0 saturated heterocycles. The number of aromatic nitrogens is 1. The predicted molar refractivity (Wildman–Crippen MR) is 79.8 cm³/mol. The topological polar surface area (TPSA) is 67.3 Å². The minimum absolute atomic E-state index is 0.144. The number of nitrogens with zero attached hydrogens (tertiary/aromatic N) is 1. The van der Waals surface area contributed by atoms with E-state index in [4.69, 9.17) is 23.2 Å². The molecule has 0 aliphatic heterocycles. The largest absolute Gasteiger partial charge is 0.386 e. The van der Waals surface area contributed by atoms with Crippen molar-refractivity contribution >= 4 is 33.0 Å². The molecule has 1 N–H and O–H groups in total. The Hall–Kier alpha value is -0.360. The summed E-state index contributed by atoms with van der Waals surface area (Å²) < 4.78 is 23.3. The summed E-state index contributed by atoms with van der Waals surface area (Å²) in [7, 11) is -3.08. The van der Waals surface area contributed by atoms with Crippen molar-refractivity contribution in [3.63, 3.8) is 0 Å². The fourth-order valence-corrected chi connectivity index (χ4v) is 4.41. The van der Waals surface area contributed by atoms with Gasteiger partial charge in [0.2, 0.25) is 0 Å². The third-order valence-electron chi connectivity index (χ3n) is 3.84. The van der Waals surface area contributed by atoms with E-state index in [9.17, 15) is 13.5 Å². The molecular weight excluding hydrogens is 321 g/mol. The average molecular weight is 338 g/mol. The molecule has 1 aliphatic rings. The molecule has 1 aromatic rings. The van der Waals surface area contributed by atoms with Crippen molar-refractivity contribution < 1.29 is 13.5 Å². The van der Waals surface area contributed by atoms with E-state index in [-0.39, 0.29) is 11.2 Å². The number of pyridine rings is 1. The van der Waals surface area contributed by atoms with Crippen LogP contribution in [-0.2, 0) is 9.84 Å². The molecule has 112 valence electrons. The Morgan fingerprint density at radius 2 is 2.10 bits per heavy atom. The summed E-state index contributed by atoms with van der Waals surface area (Å²) in [5.74, 6) is -0.144. The second-order valence-electron chi connectivity index (χ2n) is 5.34. The van der Waals surface area contributed by atoms with Crippen LogP contribution < -0.4 is 0 Å². The number of hydrogen-bond donors (Lipinski definition) is 1. The minimum atomic E-state index is -3.08. The zero-order valence-corrected chi connectivity index (χ0v) is 13.4. The lowest BCUT2D eigenvalue weighted by Gasteiger charge is -2.31. The first kappa shape index (κ1) is 16.0. The molecule has 3 atom stereocenters. The number of aliphatic hydroxyl groups excluding tert-OH is 1.